The van der Waals surface area contributed by atoms with Gasteiger partial charge in [-0.25, -0.2) is 4.68 Å². The number of rotatable bonds is 5. The normalized spacial score (nSPS) is 11.0. The Morgan fingerprint density at radius 3 is 2.69 bits per heavy atom. The molecule has 26 heavy (non-hydrogen) atoms. The first kappa shape index (κ1) is 16.0. The molecule has 0 spiro atoms. The minimum atomic E-state index is 0.0284. The lowest BCUT2D eigenvalue weighted by Crippen LogP contribution is -2.27. The van der Waals surface area contributed by atoms with Gasteiger partial charge in [0.15, 0.2) is 0 Å². The number of nitrogens with zero attached hydrogens (tertiary/aromatic N) is 5. The van der Waals surface area contributed by atoms with E-state index in [9.17, 15) is 4.79 Å². The van der Waals surface area contributed by atoms with Gasteiger partial charge >= 0.3 is 0 Å². The van der Waals surface area contributed by atoms with Crippen molar-refractivity contribution in [1.82, 2.24) is 25.1 Å². The molecule has 7 nitrogen and oxygen atoms in total. The van der Waals surface area contributed by atoms with Crippen LogP contribution in [0.2, 0.25) is 0 Å². The summed E-state index contributed by atoms with van der Waals surface area (Å²) in [6, 6.07) is 17.4. The quantitative estimate of drug-likeness (QED) is 0.555. The zero-order valence-corrected chi connectivity index (χ0v) is 14.2. The minimum absolute atomic E-state index is 0.0284. The van der Waals surface area contributed by atoms with E-state index in [2.05, 4.69) is 15.5 Å². The van der Waals surface area contributed by atoms with Crippen LogP contribution in [-0.2, 0) is 17.8 Å². The van der Waals surface area contributed by atoms with Crippen LogP contribution in [0.15, 0.2) is 65.3 Å². The SMILES string of the molecule is CN(Cc1cc2ccccc2o1)C(=O)Cc1ccc(-n2cnnn2)cc1. The number of benzene rings is 2. The average Bonchev–Trinajstić information content (AvgIpc) is 3.31. The van der Waals surface area contributed by atoms with E-state index in [-0.39, 0.29) is 5.91 Å². The number of carbonyl (C=O) groups excluding carboxylic acids is 1. The average molecular weight is 347 g/mol. The second-order valence-corrected chi connectivity index (χ2v) is 6.10. The van der Waals surface area contributed by atoms with E-state index in [1.54, 1.807) is 16.6 Å². The first-order chi connectivity index (χ1) is 12.7. The van der Waals surface area contributed by atoms with Crippen molar-refractivity contribution >= 4 is 16.9 Å². The molecule has 0 unspecified atom stereocenters. The highest BCUT2D eigenvalue weighted by molar-refractivity contribution is 5.79. The predicted molar refractivity (Wildman–Crippen MR) is 95.5 cm³/mol. The molecule has 0 atom stereocenters. The molecule has 2 heterocycles. The van der Waals surface area contributed by atoms with Crippen LogP contribution in [0.3, 0.4) is 0 Å². The van der Waals surface area contributed by atoms with Crippen molar-refractivity contribution in [2.24, 2.45) is 0 Å². The van der Waals surface area contributed by atoms with Gasteiger partial charge in [0.05, 0.1) is 18.7 Å². The largest absolute Gasteiger partial charge is 0.459 e. The zero-order chi connectivity index (χ0) is 17.9. The Labute approximate surface area is 149 Å². The van der Waals surface area contributed by atoms with Crippen molar-refractivity contribution in [2.45, 2.75) is 13.0 Å². The Kier molecular flexibility index (Phi) is 4.18. The van der Waals surface area contributed by atoms with E-state index in [0.29, 0.717) is 13.0 Å². The van der Waals surface area contributed by atoms with Crippen molar-refractivity contribution in [3.8, 4) is 5.69 Å². The van der Waals surface area contributed by atoms with E-state index in [0.717, 1.165) is 28.0 Å². The third-order valence-electron chi connectivity index (χ3n) is 4.20. The molecule has 0 saturated heterocycles. The highest BCUT2D eigenvalue weighted by Crippen LogP contribution is 2.20. The maximum atomic E-state index is 12.5. The summed E-state index contributed by atoms with van der Waals surface area (Å²) in [4.78, 5) is 14.2. The molecular formula is C19H17N5O2. The van der Waals surface area contributed by atoms with Gasteiger partial charge < -0.3 is 9.32 Å². The standard InChI is InChI=1S/C19H17N5O2/c1-23(12-17-11-15-4-2-3-5-18(15)26-17)19(25)10-14-6-8-16(9-7-14)24-13-20-21-22-24/h2-9,11,13H,10,12H2,1H3. The zero-order valence-electron chi connectivity index (χ0n) is 14.2. The number of fused-ring (bicyclic) bond motifs is 1. The van der Waals surface area contributed by atoms with Crippen LogP contribution in [0.4, 0.5) is 0 Å². The summed E-state index contributed by atoms with van der Waals surface area (Å²) < 4.78 is 7.35. The summed E-state index contributed by atoms with van der Waals surface area (Å²) in [6.45, 7) is 0.441. The molecule has 0 aliphatic heterocycles. The fourth-order valence-electron chi connectivity index (χ4n) is 2.79. The van der Waals surface area contributed by atoms with Crippen LogP contribution < -0.4 is 0 Å². The minimum Gasteiger partial charge on any atom is -0.459 e. The molecule has 1 amide bonds. The summed E-state index contributed by atoms with van der Waals surface area (Å²) in [7, 11) is 1.78. The molecule has 0 radical (unpaired) electrons. The fraction of sp³-hybridized carbons (Fsp3) is 0.158. The summed E-state index contributed by atoms with van der Waals surface area (Å²) >= 11 is 0. The number of likely N-dealkylation sites (N-methyl/N-ethyl adjacent to an activating group) is 1. The number of tetrazole rings is 1. The Morgan fingerprint density at radius 1 is 1.15 bits per heavy atom. The Morgan fingerprint density at radius 2 is 1.96 bits per heavy atom. The van der Waals surface area contributed by atoms with E-state index in [4.69, 9.17) is 4.42 Å². The molecule has 0 aliphatic rings. The second kappa shape index (κ2) is 6.79. The smallest absolute Gasteiger partial charge is 0.227 e. The Balaban J connectivity index is 1.40. The molecular weight excluding hydrogens is 330 g/mol. The van der Waals surface area contributed by atoms with Crippen LogP contribution in [0.5, 0.6) is 0 Å². The lowest BCUT2D eigenvalue weighted by atomic mass is 10.1. The third kappa shape index (κ3) is 3.32. The summed E-state index contributed by atoms with van der Waals surface area (Å²) in [5.41, 5.74) is 2.62. The number of furan rings is 1. The van der Waals surface area contributed by atoms with Gasteiger partial charge in [0.25, 0.3) is 0 Å². The first-order valence-electron chi connectivity index (χ1n) is 8.23. The van der Waals surface area contributed by atoms with Crippen molar-refractivity contribution < 1.29 is 9.21 Å². The number of para-hydroxylation sites is 1. The van der Waals surface area contributed by atoms with Gasteiger partial charge in [0, 0.05) is 12.4 Å². The van der Waals surface area contributed by atoms with E-state index in [1.807, 2.05) is 54.6 Å². The van der Waals surface area contributed by atoms with E-state index < -0.39 is 0 Å². The highest BCUT2D eigenvalue weighted by atomic mass is 16.3. The molecule has 0 aliphatic carbocycles. The van der Waals surface area contributed by atoms with Gasteiger partial charge in [-0.3, -0.25) is 4.79 Å². The van der Waals surface area contributed by atoms with Gasteiger partial charge in [0.1, 0.15) is 17.7 Å². The summed E-state index contributed by atoms with van der Waals surface area (Å²) in [5.74, 6) is 0.803. The molecule has 0 N–H and O–H groups in total. The fourth-order valence-corrected chi connectivity index (χ4v) is 2.79. The van der Waals surface area contributed by atoms with Crippen molar-refractivity contribution in [3.63, 3.8) is 0 Å². The third-order valence-corrected chi connectivity index (χ3v) is 4.20. The van der Waals surface area contributed by atoms with Gasteiger partial charge in [-0.15, -0.1) is 5.10 Å². The van der Waals surface area contributed by atoms with Crippen molar-refractivity contribution in [3.05, 3.63) is 72.2 Å². The van der Waals surface area contributed by atoms with Crippen molar-refractivity contribution in [1.29, 1.82) is 0 Å². The first-order valence-corrected chi connectivity index (χ1v) is 8.23. The number of amides is 1. The van der Waals surface area contributed by atoms with Gasteiger partial charge in [-0.2, -0.15) is 0 Å². The number of aromatic nitrogens is 4. The number of hydrogen-bond donors (Lipinski definition) is 0. The number of carbonyl (C=O) groups is 1. The monoisotopic (exact) mass is 347 g/mol. The van der Waals surface area contributed by atoms with Crippen molar-refractivity contribution in [2.75, 3.05) is 7.05 Å². The van der Waals surface area contributed by atoms with Crippen LogP contribution >= 0.6 is 0 Å². The van der Waals surface area contributed by atoms with Gasteiger partial charge in [0.2, 0.25) is 5.91 Å². The summed E-state index contributed by atoms with van der Waals surface area (Å²) in [6.07, 6.45) is 1.86. The van der Waals surface area contributed by atoms with Gasteiger partial charge in [-0.1, -0.05) is 30.3 Å². The van der Waals surface area contributed by atoms with Crippen LogP contribution in [0, 0.1) is 0 Å². The number of hydrogen-bond acceptors (Lipinski definition) is 5. The molecule has 2 aromatic heterocycles. The molecule has 2 aromatic carbocycles. The predicted octanol–water partition coefficient (Wildman–Crippen LogP) is 2.61. The maximum Gasteiger partial charge on any atom is 0.227 e. The molecule has 0 saturated carbocycles. The Hall–Kier alpha value is -3.48. The lowest BCUT2D eigenvalue weighted by Gasteiger charge is -2.15. The Bertz CT molecular complexity index is 989. The van der Waals surface area contributed by atoms with Gasteiger partial charge in [-0.05, 0) is 40.3 Å². The van der Waals surface area contributed by atoms with E-state index >= 15 is 0 Å². The molecule has 4 rings (SSSR count). The van der Waals surface area contributed by atoms with Crippen LogP contribution in [-0.4, -0.2) is 38.1 Å². The molecule has 0 fully saturated rings. The van der Waals surface area contributed by atoms with Crippen LogP contribution in [0.1, 0.15) is 11.3 Å². The highest BCUT2D eigenvalue weighted by Gasteiger charge is 2.13. The molecule has 130 valence electrons. The second-order valence-electron chi connectivity index (χ2n) is 6.10. The summed E-state index contributed by atoms with van der Waals surface area (Å²) in [5, 5.41) is 12.1. The molecule has 4 aromatic rings. The maximum absolute atomic E-state index is 12.5. The molecule has 0 bridgehead atoms. The van der Waals surface area contributed by atoms with E-state index in [1.165, 1.54) is 6.33 Å². The lowest BCUT2D eigenvalue weighted by molar-refractivity contribution is -0.129. The molecule has 7 heteroatoms. The topological polar surface area (TPSA) is 77.0 Å². The van der Waals surface area contributed by atoms with Crippen LogP contribution in [0.25, 0.3) is 16.7 Å².